The topological polar surface area (TPSA) is 113 Å². The third-order valence-electron chi connectivity index (χ3n) is 5.54. The van der Waals surface area contributed by atoms with Crippen LogP contribution in [-0.4, -0.2) is 40.3 Å². The Kier molecular flexibility index (Phi) is 12.6. The number of ketones is 1. The summed E-state index contributed by atoms with van der Waals surface area (Å²) in [6.07, 6.45) is 0.763. The fraction of sp³-hybridized carbons (Fsp3) is 0.462. The van der Waals surface area contributed by atoms with Crippen LogP contribution in [-0.2, 0) is 11.2 Å². The van der Waals surface area contributed by atoms with Crippen molar-refractivity contribution in [3.63, 3.8) is 0 Å². The number of aliphatic carboxylic acids is 1. The van der Waals surface area contributed by atoms with Gasteiger partial charge < -0.3 is 26.2 Å². The number of rotatable bonds is 13. The van der Waals surface area contributed by atoms with Crippen molar-refractivity contribution in [3.8, 4) is 17.2 Å². The van der Waals surface area contributed by atoms with Crippen molar-refractivity contribution in [2.45, 2.75) is 59.5 Å². The van der Waals surface area contributed by atoms with Crippen molar-refractivity contribution in [1.82, 2.24) is 0 Å². The third kappa shape index (κ3) is 8.69. The Hall–Kier alpha value is -1.77. The molecule has 2 aromatic rings. The molecule has 2 aromatic carbocycles. The van der Waals surface area contributed by atoms with E-state index in [4.69, 9.17) is 26.2 Å². The summed E-state index contributed by atoms with van der Waals surface area (Å²) in [4.78, 5) is 22.7. The second-order valence-electron chi connectivity index (χ2n) is 8.95. The molecule has 2 rings (SSSR count). The molecule has 1 atom stereocenters. The molecule has 0 saturated carbocycles. The predicted molar refractivity (Wildman–Crippen MR) is 131 cm³/mol. The molecule has 0 radical (unpaired) electrons. The van der Waals surface area contributed by atoms with Crippen LogP contribution in [0, 0.1) is 5.41 Å². The summed E-state index contributed by atoms with van der Waals surface area (Å²) in [5.41, 5.74) is 0.569. The van der Waals surface area contributed by atoms with Gasteiger partial charge >= 0.3 is 35.5 Å². The van der Waals surface area contributed by atoms with Gasteiger partial charge in [-0.15, -0.1) is 0 Å². The van der Waals surface area contributed by atoms with Gasteiger partial charge in [-0.25, -0.2) is 0 Å². The molecule has 7 nitrogen and oxygen atoms in total. The predicted octanol–water partition coefficient (Wildman–Crippen LogP) is 2.70. The van der Waals surface area contributed by atoms with Crippen molar-refractivity contribution in [3.05, 3.63) is 52.0 Å². The number of aliphatic hydroxyl groups excluding tert-OH is 1. The van der Waals surface area contributed by atoms with E-state index in [-0.39, 0.29) is 54.5 Å². The molecule has 0 aliphatic carbocycles. The number of hydrogen-bond donors (Lipinski definition) is 3. The van der Waals surface area contributed by atoms with E-state index in [9.17, 15) is 19.8 Å². The Morgan fingerprint density at radius 2 is 1.71 bits per heavy atom. The smallest absolute Gasteiger partial charge is 1.00 e. The number of phenolic OH excluding ortho intramolecular Hbond substituents is 1. The number of carbonyl (C=O) groups is 2. The first-order valence-corrected chi connectivity index (χ1v) is 11.7. The van der Waals surface area contributed by atoms with E-state index >= 15 is 0 Å². The number of aliphatic hydroxyl groups is 1. The number of carbonyl (C=O) groups excluding carboxylic acids is 1. The number of halogens is 1. The number of aromatic hydroxyl groups is 1. The van der Waals surface area contributed by atoms with Crippen LogP contribution in [0.3, 0.4) is 0 Å². The standard InChI is InChI=1S/C26H33ClO7.Na.H/c1-5-7-19-21(11-9-18(16(2)28)24(19)31)33-12-6-13-34-22-10-8-17(14-20(22)27)25(32)26(3,4)15-23(29)30;;/h8-11,14,25,31-32H,5-7,12-13,15H2,1-4H3,(H,29,30);;/q;+1;-1. The van der Waals surface area contributed by atoms with E-state index in [1.807, 2.05) is 6.92 Å². The number of Topliss-reactive ketones (excluding diaryl/α,β-unsaturated/α-hetero) is 1. The minimum absolute atomic E-state index is 0. The quantitative estimate of drug-likeness (QED) is 0.213. The van der Waals surface area contributed by atoms with Gasteiger partial charge in [-0.2, -0.15) is 0 Å². The molecule has 0 saturated heterocycles. The number of phenols is 1. The Bertz CT molecular complexity index is 1030. The number of benzene rings is 2. The molecule has 0 heterocycles. The van der Waals surface area contributed by atoms with Crippen LogP contribution in [0.5, 0.6) is 17.2 Å². The van der Waals surface area contributed by atoms with Crippen LogP contribution in [0.2, 0.25) is 5.02 Å². The van der Waals surface area contributed by atoms with E-state index in [2.05, 4.69) is 0 Å². The van der Waals surface area contributed by atoms with Gasteiger partial charge in [0.05, 0.1) is 36.3 Å². The normalized spacial score (nSPS) is 11.9. The maximum absolute atomic E-state index is 11.7. The minimum atomic E-state index is -0.994. The van der Waals surface area contributed by atoms with E-state index in [1.54, 1.807) is 44.2 Å². The zero-order valence-corrected chi connectivity index (χ0v) is 23.8. The summed E-state index contributed by atoms with van der Waals surface area (Å²) in [5.74, 6) is -0.211. The van der Waals surface area contributed by atoms with E-state index in [1.165, 1.54) is 6.92 Å². The van der Waals surface area contributed by atoms with Gasteiger partial charge in [0.2, 0.25) is 0 Å². The molecule has 188 valence electrons. The molecule has 0 aliphatic rings. The molecular formula is C26H34ClNaO7. The number of carboxylic acid groups (broad SMARTS) is 1. The van der Waals surface area contributed by atoms with Crippen LogP contribution in [0.1, 0.15) is 76.0 Å². The SMILES string of the molecule is CCCc1c(OCCCOc2ccc(C(O)C(C)(C)CC(=O)O)cc2Cl)ccc(C(C)=O)c1O.[H-].[Na+]. The van der Waals surface area contributed by atoms with Gasteiger partial charge in [-0.1, -0.05) is 44.9 Å². The van der Waals surface area contributed by atoms with E-state index in [0.717, 1.165) is 6.42 Å². The summed E-state index contributed by atoms with van der Waals surface area (Å²) in [5, 5.41) is 30.4. The van der Waals surface area contributed by atoms with Crippen LogP contribution >= 0.6 is 11.6 Å². The summed E-state index contributed by atoms with van der Waals surface area (Å²) in [7, 11) is 0. The van der Waals surface area contributed by atoms with Gasteiger partial charge in [0, 0.05) is 17.4 Å². The van der Waals surface area contributed by atoms with Crippen molar-refractivity contribution in [2.75, 3.05) is 13.2 Å². The molecule has 0 spiro atoms. The Balaban J connectivity index is 0.00000612. The first-order chi connectivity index (χ1) is 16.0. The van der Waals surface area contributed by atoms with Crippen LogP contribution in [0.4, 0.5) is 0 Å². The Labute approximate surface area is 235 Å². The molecule has 0 aromatic heterocycles. The fourth-order valence-electron chi connectivity index (χ4n) is 3.69. The van der Waals surface area contributed by atoms with Gasteiger partial charge in [-0.3, -0.25) is 9.59 Å². The van der Waals surface area contributed by atoms with Gasteiger partial charge in [0.25, 0.3) is 0 Å². The van der Waals surface area contributed by atoms with Gasteiger partial charge in [-0.05, 0) is 43.2 Å². The maximum atomic E-state index is 11.7. The minimum Gasteiger partial charge on any atom is -1.00 e. The molecule has 0 bridgehead atoms. The Morgan fingerprint density at radius 1 is 1.11 bits per heavy atom. The molecule has 0 fully saturated rings. The third-order valence-corrected chi connectivity index (χ3v) is 5.84. The first kappa shape index (κ1) is 31.3. The van der Waals surface area contributed by atoms with Crippen molar-refractivity contribution in [1.29, 1.82) is 0 Å². The van der Waals surface area contributed by atoms with Crippen LogP contribution < -0.4 is 39.0 Å². The monoisotopic (exact) mass is 516 g/mol. The van der Waals surface area contributed by atoms with Crippen molar-refractivity contribution >= 4 is 23.4 Å². The zero-order valence-electron chi connectivity index (χ0n) is 22.1. The average Bonchev–Trinajstić information content (AvgIpc) is 2.75. The van der Waals surface area contributed by atoms with Crippen LogP contribution in [0.25, 0.3) is 0 Å². The number of ether oxygens (including phenoxy) is 2. The second kappa shape index (κ2) is 14.1. The second-order valence-corrected chi connectivity index (χ2v) is 9.35. The molecule has 35 heavy (non-hydrogen) atoms. The van der Waals surface area contributed by atoms with Gasteiger partial charge in [0.1, 0.15) is 17.2 Å². The molecule has 3 N–H and O–H groups in total. The summed E-state index contributed by atoms with van der Waals surface area (Å²) >= 11 is 6.31. The fourth-order valence-corrected chi connectivity index (χ4v) is 3.94. The van der Waals surface area contributed by atoms with Gasteiger partial charge in [0.15, 0.2) is 5.78 Å². The molecule has 1 unspecified atom stereocenters. The van der Waals surface area contributed by atoms with Crippen molar-refractivity contribution < 1.29 is 65.4 Å². The number of hydrogen-bond acceptors (Lipinski definition) is 6. The summed E-state index contributed by atoms with van der Waals surface area (Å²) < 4.78 is 11.6. The Morgan fingerprint density at radius 3 is 2.26 bits per heavy atom. The zero-order chi connectivity index (χ0) is 25.5. The molecular weight excluding hydrogens is 483 g/mol. The summed E-state index contributed by atoms with van der Waals surface area (Å²) in [6.45, 7) is 7.43. The molecule has 0 aliphatic heterocycles. The summed E-state index contributed by atoms with van der Waals surface area (Å²) in [6, 6.07) is 8.17. The first-order valence-electron chi connectivity index (χ1n) is 11.3. The van der Waals surface area contributed by atoms with Crippen LogP contribution in [0.15, 0.2) is 30.3 Å². The number of carboxylic acids is 1. The van der Waals surface area contributed by atoms with E-state index in [0.29, 0.717) is 53.7 Å². The maximum Gasteiger partial charge on any atom is 1.00 e. The molecule has 0 amide bonds. The average molecular weight is 517 g/mol. The van der Waals surface area contributed by atoms with Crippen molar-refractivity contribution in [2.24, 2.45) is 5.41 Å². The molecule has 9 heteroatoms. The van der Waals surface area contributed by atoms with E-state index < -0.39 is 17.5 Å². The largest absolute Gasteiger partial charge is 1.00 e.